The molecule has 37 heavy (non-hydrogen) atoms. The van der Waals surface area contributed by atoms with E-state index in [4.69, 9.17) is 13.8 Å². The fourth-order valence-corrected chi connectivity index (χ4v) is 4.96. The van der Waals surface area contributed by atoms with E-state index >= 15 is 0 Å². The fourth-order valence-electron chi connectivity index (χ4n) is 3.52. The summed E-state index contributed by atoms with van der Waals surface area (Å²) in [6.45, 7) is 14.4. The smallest absolute Gasteiger partial charge is 0.445 e. The van der Waals surface area contributed by atoms with E-state index in [-0.39, 0.29) is 17.4 Å². The third-order valence-corrected chi connectivity index (χ3v) is 7.93. The number of carbonyl (C=O) groups excluding carboxylic acids is 1. The van der Waals surface area contributed by atoms with Crippen molar-refractivity contribution in [2.45, 2.75) is 71.7 Å². The van der Waals surface area contributed by atoms with Gasteiger partial charge >= 0.3 is 13.7 Å². The molecule has 0 saturated carbocycles. The number of hydrogen-bond donors (Lipinski definition) is 1. The van der Waals surface area contributed by atoms with Crippen LogP contribution in [0.5, 0.6) is 11.5 Å². The van der Waals surface area contributed by atoms with Crippen LogP contribution in [0.15, 0.2) is 78.9 Å². The summed E-state index contributed by atoms with van der Waals surface area (Å²) in [6.07, 6.45) is -0.713. The molecule has 0 aliphatic carbocycles. The van der Waals surface area contributed by atoms with Gasteiger partial charge in [0, 0.05) is 0 Å². The largest absolute Gasteiger partial charge is 0.452 e. The molecule has 3 aromatic rings. The summed E-state index contributed by atoms with van der Waals surface area (Å²) in [7, 11) is -3.93. The van der Waals surface area contributed by atoms with E-state index in [1.165, 1.54) is 0 Å². The quantitative estimate of drug-likeness (QED) is 0.301. The van der Waals surface area contributed by atoms with Crippen LogP contribution in [0.3, 0.4) is 0 Å². The number of benzene rings is 3. The van der Waals surface area contributed by atoms with Crippen LogP contribution in [0.25, 0.3) is 0 Å². The maximum absolute atomic E-state index is 14.1. The molecule has 198 valence electrons. The molecule has 0 fully saturated rings. The molecule has 0 aromatic heterocycles. The van der Waals surface area contributed by atoms with Gasteiger partial charge in [0.2, 0.25) is 0 Å². The molecule has 0 bridgehead atoms. The van der Waals surface area contributed by atoms with Gasteiger partial charge in [-0.15, -0.1) is 0 Å². The molecular formula is C30H38NO5P. The highest BCUT2D eigenvalue weighted by molar-refractivity contribution is 7.55. The normalized spacial score (nSPS) is 12.9. The Morgan fingerprint density at radius 2 is 1.19 bits per heavy atom. The van der Waals surface area contributed by atoms with E-state index in [0.29, 0.717) is 11.5 Å². The highest BCUT2D eigenvalue weighted by atomic mass is 31.2. The summed E-state index contributed by atoms with van der Waals surface area (Å²) in [6, 6.07) is 24.1. The van der Waals surface area contributed by atoms with Crippen LogP contribution in [0.2, 0.25) is 0 Å². The summed E-state index contributed by atoms with van der Waals surface area (Å²) in [5.74, 6) is -0.219. The van der Waals surface area contributed by atoms with Gasteiger partial charge in [0.1, 0.15) is 18.1 Å². The van der Waals surface area contributed by atoms with E-state index in [1.54, 1.807) is 31.2 Å². The Morgan fingerprint density at radius 1 is 0.757 bits per heavy atom. The molecule has 0 aliphatic rings. The Hall–Kier alpha value is -3.24. The Morgan fingerprint density at radius 3 is 1.59 bits per heavy atom. The number of nitrogens with one attached hydrogen (secondary N) is 1. The van der Waals surface area contributed by atoms with E-state index in [1.807, 2.05) is 54.6 Å². The number of amides is 1. The molecule has 3 rings (SSSR count). The van der Waals surface area contributed by atoms with Crippen molar-refractivity contribution in [1.29, 1.82) is 0 Å². The predicted octanol–water partition coefficient (Wildman–Crippen LogP) is 8.20. The monoisotopic (exact) mass is 523 g/mol. The molecule has 1 N–H and O–H groups in total. The van der Waals surface area contributed by atoms with Crippen molar-refractivity contribution in [3.63, 3.8) is 0 Å². The van der Waals surface area contributed by atoms with E-state index in [2.05, 4.69) is 46.9 Å². The second-order valence-electron chi connectivity index (χ2n) is 11.2. The van der Waals surface area contributed by atoms with Gasteiger partial charge in [-0.2, -0.15) is 0 Å². The van der Waals surface area contributed by atoms with Gasteiger partial charge in [-0.3, -0.25) is 0 Å². The van der Waals surface area contributed by atoms with Crippen LogP contribution >= 0.6 is 7.60 Å². The molecule has 0 spiro atoms. The first-order chi connectivity index (χ1) is 17.3. The van der Waals surface area contributed by atoms with Crippen LogP contribution in [-0.2, 0) is 26.7 Å². The highest BCUT2D eigenvalue weighted by Crippen LogP contribution is 2.52. The van der Waals surface area contributed by atoms with Gasteiger partial charge in [0.15, 0.2) is 5.78 Å². The van der Waals surface area contributed by atoms with Gasteiger partial charge in [-0.05, 0) is 58.7 Å². The summed E-state index contributed by atoms with van der Waals surface area (Å²) < 4.78 is 31.3. The number of alkyl carbamates (subject to hydrolysis) is 1. The highest BCUT2D eigenvalue weighted by Gasteiger charge is 2.38. The number of rotatable bonds is 8. The third kappa shape index (κ3) is 8.13. The second kappa shape index (κ2) is 11.4. The summed E-state index contributed by atoms with van der Waals surface area (Å²) in [4.78, 5) is 12.5. The Balaban J connectivity index is 1.80. The zero-order chi connectivity index (χ0) is 27.3. The molecule has 1 unspecified atom stereocenters. The minimum atomic E-state index is -3.93. The maximum Gasteiger partial charge on any atom is 0.452 e. The van der Waals surface area contributed by atoms with Crippen LogP contribution in [-0.4, -0.2) is 11.9 Å². The molecule has 1 amide bonds. The zero-order valence-corrected chi connectivity index (χ0v) is 23.7. The van der Waals surface area contributed by atoms with E-state index in [0.717, 1.165) is 16.7 Å². The summed E-state index contributed by atoms with van der Waals surface area (Å²) >= 11 is 0. The average molecular weight is 524 g/mol. The second-order valence-corrected chi connectivity index (χ2v) is 13.4. The fraction of sp³-hybridized carbons (Fsp3) is 0.367. The lowest BCUT2D eigenvalue weighted by Crippen LogP contribution is -2.35. The Kier molecular flexibility index (Phi) is 8.76. The van der Waals surface area contributed by atoms with Gasteiger partial charge in [-0.25, -0.2) is 9.36 Å². The molecule has 0 heterocycles. The van der Waals surface area contributed by atoms with Crippen molar-refractivity contribution in [2.24, 2.45) is 0 Å². The summed E-state index contributed by atoms with van der Waals surface area (Å²) in [5.41, 5.74) is 3.00. The molecule has 1 atom stereocenters. The molecule has 6 nitrogen and oxygen atoms in total. The predicted molar refractivity (Wildman–Crippen MR) is 148 cm³/mol. The lowest BCUT2D eigenvalue weighted by molar-refractivity contribution is 0.138. The van der Waals surface area contributed by atoms with Crippen molar-refractivity contribution in [3.05, 3.63) is 95.6 Å². The molecule has 0 aliphatic heterocycles. The zero-order valence-electron chi connectivity index (χ0n) is 22.8. The van der Waals surface area contributed by atoms with Crippen LogP contribution < -0.4 is 14.4 Å². The minimum Gasteiger partial charge on any atom is -0.445 e. The van der Waals surface area contributed by atoms with Gasteiger partial charge < -0.3 is 19.1 Å². The van der Waals surface area contributed by atoms with Crippen molar-refractivity contribution < 1.29 is 23.1 Å². The third-order valence-electron chi connectivity index (χ3n) is 5.92. The SMILES string of the molecule is CC(NC(=O)OCc1ccccc1)P(=O)(Oc1ccc(C(C)(C)C)cc1)Oc1ccc(C(C)(C)C)cc1. The van der Waals surface area contributed by atoms with Crippen LogP contribution in [0, 0.1) is 0 Å². The standard InChI is InChI=1S/C30H38NO5P/c1-22(31-28(32)34-21-23-11-9-8-10-12-23)37(33,35-26-17-13-24(14-18-26)29(2,3)4)36-27-19-15-25(16-20-27)30(5,6)7/h8-20,22H,21H2,1-7H3,(H,31,32). The van der Waals surface area contributed by atoms with Gasteiger partial charge in [0.05, 0.1) is 0 Å². The van der Waals surface area contributed by atoms with Crippen molar-refractivity contribution in [3.8, 4) is 11.5 Å². The first-order valence-electron chi connectivity index (χ1n) is 12.4. The Bertz CT molecular complexity index is 1150. The van der Waals surface area contributed by atoms with Crippen molar-refractivity contribution in [1.82, 2.24) is 5.32 Å². The van der Waals surface area contributed by atoms with E-state index in [9.17, 15) is 9.36 Å². The lowest BCUT2D eigenvalue weighted by Gasteiger charge is -2.26. The van der Waals surface area contributed by atoms with E-state index < -0.39 is 19.5 Å². The minimum absolute atomic E-state index is 0.0368. The molecule has 7 heteroatoms. The average Bonchev–Trinajstić information content (AvgIpc) is 2.83. The molecule has 0 radical (unpaired) electrons. The number of ether oxygens (including phenoxy) is 1. The lowest BCUT2D eigenvalue weighted by atomic mass is 9.87. The number of carbonyl (C=O) groups is 1. The van der Waals surface area contributed by atoms with Crippen molar-refractivity contribution in [2.75, 3.05) is 0 Å². The number of hydrogen-bond acceptors (Lipinski definition) is 5. The van der Waals surface area contributed by atoms with Crippen LogP contribution in [0.4, 0.5) is 4.79 Å². The molecule has 3 aromatic carbocycles. The first kappa shape index (κ1) is 28.3. The van der Waals surface area contributed by atoms with Crippen molar-refractivity contribution >= 4 is 13.7 Å². The topological polar surface area (TPSA) is 73.9 Å². The summed E-state index contributed by atoms with van der Waals surface area (Å²) in [5, 5.41) is 2.63. The Labute approximate surface area is 220 Å². The van der Waals surface area contributed by atoms with Crippen LogP contribution in [0.1, 0.15) is 65.2 Å². The van der Waals surface area contributed by atoms with Gasteiger partial charge in [0.25, 0.3) is 0 Å². The van der Waals surface area contributed by atoms with Gasteiger partial charge in [-0.1, -0.05) is 96.1 Å². The molecule has 0 saturated heterocycles. The maximum atomic E-state index is 14.1. The first-order valence-corrected chi connectivity index (χ1v) is 14.0. The molecular weight excluding hydrogens is 485 g/mol.